The molecule has 0 unspecified atom stereocenters. The van der Waals surface area contributed by atoms with Gasteiger partial charge >= 0.3 is 11.9 Å². The Morgan fingerprint density at radius 1 is 0.619 bits per heavy atom. The molecule has 0 aromatic heterocycles. The van der Waals surface area contributed by atoms with Gasteiger partial charge in [-0.05, 0) is 39.3 Å². The zero-order valence-electron chi connectivity index (χ0n) is 15.4. The van der Waals surface area contributed by atoms with Gasteiger partial charge in [-0.2, -0.15) is 0 Å². The van der Waals surface area contributed by atoms with E-state index in [1.54, 1.807) is 0 Å². The van der Waals surface area contributed by atoms with Gasteiger partial charge in [-0.25, -0.2) is 0 Å². The standard InChI is InChI=1S/2C6H15N.C4H6O3/c2*1-4-7(5-2)6-3;1-3(5)7-4(2)6/h2*4-6H2,1-3H3;1-2H3. The zero-order chi connectivity index (χ0) is 17.3. The predicted octanol–water partition coefficient (Wildman–Crippen LogP) is 2.79. The van der Waals surface area contributed by atoms with Crippen molar-refractivity contribution in [2.45, 2.75) is 55.4 Å². The summed E-state index contributed by atoms with van der Waals surface area (Å²) < 4.78 is 3.97. The molecule has 0 aliphatic carbocycles. The number of carbonyl (C=O) groups is 2. The Balaban J connectivity index is -0.000000231. The summed E-state index contributed by atoms with van der Waals surface area (Å²) in [5.74, 6) is -1.12. The number of esters is 2. The molecule has 5 nitrogen and oxygen atoms in total. The summed E-state index contributed by atoms with van der Waals surface area (Å²) in [5.41, 5.74) is 0. The summed E-state index contributed by atoms with van der Waals surface area (Å²) in [4.78, 5) is 24.4. The number of nitrogens with zero attached hydrogens (tertiary/aromatic N) is 2. The summed E-state index contributed by atoms with van der Waals surface area (Å²) in [5, 5.41) is 0. The van der Waals surface area contributed by atoms with Crippen LogP contribution < -0.4 is 0 Å². The lowest BCUT2D eigenvalue weighted by Crippen LogP contribution is -2.21. The Hall–Kier alpha value is -0.940. The quantitative estimate of drug-likeness (QED) is 0.558. The molecule has 0 aromatic carbocycles. The first-order valence-electron chi connectivity index (χ1n) is 7.96. The Bertz CT molecular complexity index is 203. The van der Waals surface area contributed by atoms with E-state index in [9.17, 15) is 9.59 Å². The predicted molar refractivity (Wildman–Crippen MR) is 89.4 cm³/mol. The van der Waals surface area contributed by atoms with Crippen LogP contribution in [0.3, 0.4) is 0 Å². The molecule has 128 valence electrons. The first kappa shape index (κ1) is 25.0. The molecule has 21 heavy (non-hydrogen) atoms. The molecular formula is C16H36N2O3. The molecule has 0 amide bonds. The van der Waals surface area contributed by atoms with Crippen LogP contribution in [0.15, 0.2) is 0 Å². The Morgan fingerprint density at radius 3 is 0.810 bits per heavy atom. The lowest BCUT2D eigenvalue weighted by Gasteiger charge is -2.13. The van der Waals surface area contributed by atoms with E-state index >= 15 is 0 Å². The Kier molecular flexibility index (Phi) is 22.7. The molecule has 0 aliphatic heterocycles. The van der Waals surface area contributed by atoms with Crippen LogP contribution >= 0.6 is 0 Å². The monoisotopic (exact) mass is 304 g/mol. The molecule has 0 aliphatic rings. The lowest BCUT2D eigenvalue weighted by atomic mass is 10.5. The summed E-state index contributed by atoms with van der Waals surface area (Å²) in [6, 6.07) is 0. The fraction of sp³-hybridized carbons (Fsp3) is 0.875. The van der Waals surface area contributed by atoms with E-state index in [0.29, 0.717) is 0 Å². The van der Waals surface area contributed by atoms with Crippen molar-refractivity contribution in [1.29, 1.82) is 0 Å². The fourth-order valence-corrected chi connectivity index (χ4v) is 1.54. The zero-order valence-corrected chi connectivity index (χ0v) is 15.4. The molecule has 0 spiro atoms. The second-order valence-corrected chi connectivity index (χ2v) is 4.32. The van der Waals surface area contributed by atoms with Crippen LogP contribution in [-0.4, -0.2) is 61.0 Å². The van der Waals surface area contributed by atoms with Crippen molar-refractivity contribution in [2.24, 2.45) is 0 Å². The summed E-state index contributed by atoms with van der Waals surface area (Å²) in [7, 11) is 0. The van der Waals surface area contributed by atoms with E-state index < -0.39 is 11.9 Å². The van der Waals surface area contributed by atoms with Crippen molar-refractivity contribution in [3.05, 3.63) is 0 Å². The highest BCUT2D eigenvalue weighted by atomic mass is 16.6. The molecule has 0 heterocycles. The van der Waals surface area contributed by atoms with Gasteiger partial charge in [-0.1, -0.05) is 41.5 Å². The fourth-order valence-electron chi connectivity index (χ4n) is 1.54. The van der Waals surface area contributed by atoms with Crippen LogP contribution in [0.2, 0.25) is 0 Å². The summed E-state index contributed by atoms with van der Waals surface area (Å²) >= 11 is 0. The molecule has 0 saturated carbocycles. The third-order valence-electron chi connectivity index (χ3n) is 2.97. The van der Waals surface area contributed by atoms with Gasteiger partial charge in [0.05, 0.1) is 0 Å². The van der Waals surface area contributed by atoms with Crippen LogP contribution in [0.4, 0.5) is 0 Å². The van der Waals surface area contributed by atoms with Crippen LogP contribution in [0, 0.1) is 0 Å². The highest BCUT2D eigenvalue weighted by molar-refractivity contribution is 5.82. The normalized spacial score (nSPS) is 9.43. The van der Waals surface area contributed by atoms with Gasteiger partial charge in [0.2, 0.25) is 0 Å². The molecule has 0 aromatic rings. The van der Waals surface area contributed by atoms with Crippen molar-refractivity contribution in [3.8, 4) is 0 Å². The molecule has 0 radical (unpaired) electrons. The van der Waals surface area contributed by atoms with Crippen molar-refractivity contribution < 1.29 is 14.3 Å². The van der Waals surface area contributed by atoms with Crippen molar-refractivity contribution >= 4 is 11.9 Å². The molecule has 0 fully saturated rings. The Labute approximate surface area is 131 Å². The van der Waals surface area contributed by atoms with Gasteiger partial charge in [0.15, 0.2) is 0 Å². The number of hydrogen-bond acceptors (Lipinski definition) is 5. The minimum Gasteiger partial charge on any atom is -0.394 e. The van der Waals surface area contributed by atoms with Gasteiger partial charge in [-0.3, -0.25) is 9.59 Å². The summed E-state index contributed by atoms with van der Waals surface area (Å²) in [6.45, 7) is 22.6. The van der Waals surface area contributed by atoms with E-state index in [2.05, 4.69) is 56.1 Å². The van der Waals surface area contributed by atoms with Gasteiger partial charge in [0, 0.05) is 13.8 Å². The largest absolute Gasteiger partial charge is 0.394 e. The minimum atomic E-state index is -0.562. The topological polar surface area (TPSA) is 49.9 Å². The number of hydrogen-bond donors (Lipinski definition) is 0. The highest BCUT2D eigenvalue weighted by Crippen LogP contribution is 1.82. The van der Waals surface area contributed by atoms with Gasteiger partial charge in [0.25, 0.3) is 0 Å². The van der Waals surface area contributed by atoms with Crippen LogP contribution in [-0.2, 0) is 14.3 Å². The van der Waals surface area contributed by atoms with Crippen LogP contribution in [0.5, 0.6) is 0 Å². The van der Waals surface area contributed by atoms with Crippen LogP contribution in [0.25, 0.3) is 0 Å². The second-order valence-electron chi connectivity index (χ2n) is 4.32. The molecule has 0 rings (SSSR count). The maximum absolute atomic E-state index is 9.81. The average Bonchev–Trinajstić information content (AvgIpc) is 2.42. The average molecular weight is 304 g/mol. The lowest BCUT2D eigenvalue weighted by molar-refractivity contribution is -0.156. The first-order chi connectivity index (χ1) is 9.82. The maximum atomic E-state index is 9.81. The number of carbonyl (C=O) groups excluding carboxylic acids is 2. The molecule has 0 bridgehead atoms. The van der Waals surface area contributed by atoms with Crippen molar-refractivity contribution in [3.63, 3.8) is 0 Å². The van der Waals surface area contributed by atoms with Gasteiger partial charge in [0.1, 0.15) is 0 Å². The molecule has 0 atom stereocenters. The van der Waals surface area contributed by atoms with Crippen molar-refractivity contribution in [2.75, 3.05) is 39.3 Å². The SMILES string of the molecule is CC(=O)OC(C)=O.CCN(CC)CC.CCN(CC)CC. The molecule has 5 heteroatoms. The van der Waals surface area contributed by atoms with E-state index in [4.69, 9.17) is 0 Å². The second kappa shape index (κ2) is 19.1. The maximum Gasteiger partial charge on any atom is 0.310 e. The number of rotatable bonds is 6. The molecular weight excluding hydrogens is 268 g/mol. The molecule has 0 N–H and O–H groups in total. The van der Waals surface area contributed by atoms with Crippen molar-refractivity contribution in [1.82, 2.24) is 9.80 Å². The minimum absolute atomic E-state index is 0.562. The molecule has 0 saturated heterocycles. The van der Waals surface area contributed by atoms with E-state index in [1.165, 1.54) is 53.1 Å². The van der Waals surface area contributed by atoms with E-state index in [-0.39, 0.29) is 0 Å². The van der Waals surface area contributed by atoms with Crippen LogP contribution in [0.1, 0.15) is 55.4 Å². The number of ether oxygens (including phenoxy) is 1. The first-order valence-corrected chi connectivity index (χ1v) is 7.96. The Morgan fingerprint density at radius 2 is 0.810 bits per heavy atom. The smallest absolute Gasteiger partial charge is 0.310 e. The summed E-state index contributed by atoms with van der Waals surface area (Å²) in [6.07, 6.45) is 0. The third-order valence-corrected chi connectivity index (χ3v) is 2.97. The van der Waals surface area contributed by atoms with Gasteiger partial charge in [-0.15, -0.1) is 0 Å². The van der Waals surface area contributed by atoms with Gasteiger partial charge < -0.3 is 14.5 Å². The third kappa shape index (κ3) is 24.5. The highest BCUT2D eigenvalue weighted by Gasteiger charge is 1.93. The van der Waals surface area contributed by atoms with E-state index in [0.717, 1.165) is 0 Å². The van der Waals surface area contributed by atoms with E-state index in [1.807, 2.05) is 0 Å².